The van der Waals surface area contributed by atoms with Gasteiger partial charge in [-0.3, -0.25) is 0 Å². The van der Waals surface area contributed by atoms with E-state index in [9.17, 15) is 5.26 Å². The van der Waals surface area contributed by atoms with Gasteiger partial charge in [-0.15, -0.1) is 0 Å². The summed E-state index contributed by atoms with van der Waals surface area (Å²) in [5.41, 5.74) is 1.06. The van der Waals surface area contributed by atoms with Gasteiger partial charge in [-0.25, -0.2) is 0 Å². The highest BCUT2D eigenvalue weighted by Crippen LogP contribution is 2.34. The molecule has 1 aliphatic rings. The lowest BCUT2D eigenvalue weighted by Crippen LogP contribution is -2.24. The number of benzene rings is 1. The molecule has 18 heavy (non-hydrogen) atoms. The molecule has 2 rings (SSSR count). The zero-order valence-electron chi connectivity index (χ0n) is 10.8. The number of nitrogens with one attached hydrogen (secondary N) is 1. The Morgan fingerprint density at radius 2 is 2.06 bits per heavy atom. The van der Waals surface area contributed by atoms with Crippen molar-refractivity contribution < 1.29 is 9.47 Å². The van der Waals surface area contributed by atoms with Gasteiger partial charge in [0.2, 0.25) is 0 Å². The molecular formula is C14H18N2O2. The van der Waals surface area contributed by atoms with E-state index in [4.69, 9.17) is 9.47 Å². The van der Waals surface area contributed by atoms with E-state index in [0.717, 1.165) is 23.5 Å². The Bertz CT molecular complexity index is 454. The van der Waals surface area contributed by atoms with Crippen LogP contribution in [0.25, 0.3) is 0 Å². The van der Waals surface area contributed by atoms with Crippen LogP contribution < -0.4 is 14.8 Å². The second kappa shape index (κ2) is 5.74. The highest BCUT2D eigenvalue weighted by Gasteiger charge is 2.22. The molecule has 0 aromatic heterocycles. The molecule has 4 nitrogen and oxygen atoms in total. The third kappa shape index (κ3) is 2.41. The lowest BCUT2D eigenvalue weighted by molar-refractivity contribution is 0.171. The van der Waals surface area contributed by atoms with Crippen molar-refractivity contribution in [2.24, 2.45) is 5.92 Å². The zero-order valence-corrected chi connectivity index (χ0v) is 10.8. The Hall–Kier alpha value is -1.73. The topological polar surface area (TPSA) is 54.3 Å². The fourth-order valence-corrected chi connectivity index (χ4v) is 2.26. The molecule has 1 N–H and O–H groups in total. The maximum absolute atomic E-state index is 9.18. The van der Waals surface area contributed by atoms with Crippen molar-refractivity contribution in [1.82, 2.24) is 5.32 Å². The highest BCUT2D eigenvalue weighted by molar-refractivity contribution is 5.45. The lowest BCUT2D eigenvalue weighted by Gasteiger charge is -2.24. The minimum atomic E-state index is -0.0439. The van der Waals surface area contributed by atoms with Crippen molar-refractivity contribution in [2.75, 3.05) is 20.3 Å². The van der Waals surface area contributed by atoms with Gasteiger partial charge in [0.05, 0.1) is 12.0 Å². The van der Waals surface area contributed by atoms with Gasteiger partial charge in [0.25, 0.3) is 0 Å². The summed E-state index contributed by atoms with van der Waals surface area (Å²) in [5.74, 6) is 1.51. The summed E-state index contributed by atoms with van der Waals surface area (Å²) < 4.78 is 11.1. The first-order valence-electron chi connectivity index (χ1n) is 6.26. The quantitative estimate of drug-likeness (QED) is 0.885. The number of nitriles is 1. The van der Waals surface area contributed by atoms with E-state index < -0.39 is 0 Å². The summed E-state index contributed by atoms with van der Waals surface area (Å²) in [5, 5.41) is 12.4. The van der Waals surface area contributed by atoms with Crippen LogP contribution in [-0.4, -0.2) is 20.3 Å². The molecule has 0 spiro atoms. The fourth-order valence-electron chi connectivity index (χ4n) is 2.26. The van der Waals surface area contributed by atoms with Crippen molar-refractivity contribution in [2.45, 2.75) is 19.4 Å². The van der Waals surface area contributed by atoms with E-state index in [1.54, 1.807) is 0 Å². The standard InChI is InChI=1S/C14H18N2O2/c1-3-10(9-15)14(16-2)11-4-5-12-13(8-11)18-7-6-17-12/h4-5,8,10,14,16H,3,6-7H2,1-2H3. The average Bonchev–Trinajstić information content (AvgIpc) is 2.44. The van der Waals surface area contributed by atoms with Crippen LogP contribution in [0, 0.1) is 17.2 Å². The number of ether oxygens (including phenoxy) is 2. The molecule has 4 heteroatoms. The van der Waals surface area contributed by atoms with E-state index in [-0.39, 0.29) is 12.0 Å². The first-order valence-corrected chi connectivity index (χ1v) is 6.26. The average molecular weight is 246 g/mol. The van der Waals surface area contributed by atoms with Crippen molar-refractivity contribution in [3.63, 3.8) is 0 Å². The second-order valence-electron chi connectivity index (χ2n) is 4.31. The van der Waals surface area contributed by atoms with E-state index in [1.165, 1.54) is 0 Å². The molecule has 2 unspecified atom stereocenters. The molecule has 0 amide bonds. The van der Waals surface area contributed by atoms with Crippen LogP contribution in [0.2, 0.25) is 0 Å². The molecule has 0 fully saturated rings. The van der Waals surface area contributed by atoms with Gasteiger partial charge in [0, 0.05) is 6.04 Å². The van der Waals surface area contributed by atoms with E-state index in [2.05, 4.69) is 11.4 Å². The van der Waals surface area contributed by atoms with Crippen molar-refractivity contribution in [3.8, 4) is 17.6 Å². The largest absolute Gasteiger partial charge is 0.486 e. The third-order valence-electron chi connectivity index (χ3n) is 3.24. The molecule has 1 aromatic rings. The van der Waals surface area contributed by atoms with E-state index in [1.807, 2.05) is 32.2 Å². The first kappa shape index (κ1) is 12.7. The van der Waals surface area contributed by atoms with Gasteiger partial charge in [0.1, 0.15) is 13.2 Å². The number of rotatable bonds is 4. The Labute approximate surface area is 108 Å². The lowest BCUT2D eigenvalue weighted by atomic mass is 9.92. The van der Waals surface area contributed by atoms with Gasteiger partial charge in [0.15, 0.2) is 11.5 Å². The summed E-state index contributed by atoms with van der Waals surface area (Å²) in [7, 11) is 1.88. The number of hydrogen-bond donors (Lipinski definition) is 1. The molecule has 0 saturated carbocycles. The summed E-state index contributed by atoms with van der Waals surface area (Å²) >= 11 is 0. The zero-order chi connectivity index (χ0) is 13.0. The Morgan fingerprint density at radius 3 is 2.67 bits per heavy atom. The van der Waals surface area contributed by atoms with Crippen LogP contribution in [0.1, 0.15) is 24.9 Å². The molecular weight excluding hydrogens is 228 g/mol. The van der Waals surface area contributed by atoms with E-state index >= 15 is 0 Å². The molecule has 96 valence electrons. The summed E-state index contributed by atoms with van der Waals surface area (Å²) in [6.07, 6.45) is 0.816. The van der Waals surface area contributed by atoms with Gasteiger partial charge >= 0.3 is 0 Å². The van der Waals surface area contributed by atoms with Crippen molar-refractivity contribution in [1.29, 1.82) is 5.26 Å². The first-order chi connectivity index (χ1) is 8.80. The molecule has 0 bridgehead atoms. The minimum absolute atomic E-state index is 0.0239. The number of hydrogen-bond acceptors (Lipinski definition) is 4. The maximum Gasteiger partial charge on any atom is 0.161 e. The predicted octanol–water partition coefficient (Wildman–Crippen LogP) is 2.27. The number of fused-ring (bicyclic) bond motifs is 1. The maximum atomic E-state index is 9.18. The smallest absolute Gasteiger partial charge is 0.161 e. The molecule has 1 heterocycles. The van der Waals surface area contributed by atoms with Crippen LogP contribution in [-0.2, 0) is 0 Å². The van der Waals surface area contributed by atoms with Gasteiger partial charge in [-0.05, 0) is 31.2 Å². The third-order valence-corrected chi connectivity index (χ3v) is 3.24. The Kier molecular flexibility index (Phi) is 4.06. The van der Waals surface area contributed by atoms with Crippen LogP contribution >= 0.6 is 0 Å². The molecule has 0 saturated heterocycles. The summed E-state index contributed by atoms with van der Waals surface area (Å²) in [4.78, 5) is 0. The fraction of sp³-hybridized carbons (Fsp3) is 0.500. The van der Waals surface area contributed by atoms with Gasteiger partial charge in [-0.2, -0.15) is 5.26 Å². The second-order valence-corrected chi connectivity index (χ2v) is 4.31. The van der Waals surface area contributed by atoms with E-state index in [0.29, 0.717) is 13.2 Å². The number of nitrogens with zero attached hydrogens (tertiary/aromatic N) is 1. The molecule has 2 atom stereocenters. The molecule has 1 aromatic carbocycles. The Balaban J connectivity index is 2.29. The minimum Gasteiger partial charge on any atom is -0.486 e. The van der Waals surface area contributed by atoms with Gasteiger partial charge in [-0.1, -0.05) is 13.0 Å². The van der Waals surface area contributed by atoms with Crippen LogP contribution in [0.4, 0.5) is 0 Å². The highest BCUT2D eigenvalue weighted by atomic mass is 16.6. The monoisotopic (exact) mass is 246 g/mol. The van der Waals surface area contributed by atoms with Crippen molar-refractivity contribution >= 4 is 0 Å². The predicted molar refractivity (Wildman–Crippen MR) is 68.6 cm³/mol. The normalized spacial score (nSPS) is 16.7. The van der Waals surface area contributed by atoms with Gasteiger partial charge < -0.3 is 14.8 Å². The molecule has 0 radical (unpaired) electrons. The van der Waals surface area contributed by atoms with Crippen LogP contribution in [0.3, 0.4) is 0 Å². The molecule has 0 aliphatic carbocycles. The van der Waals surface area contributed by atoms with Crippen molar-refractivity contribution in [3.05, 3.63) is 23.8 Å². The summed E-state index contributed by atoms with van der Waals surface area (Å²) in [6, 6.07) is 8.25. The SMILES string of the molecule is CCC(C#N)C(NC)c1ccc2c(c1)OCCO2. The van der Waals surface area contributed by atoms with Crippen LogP contribution in [0.15, 0.2) is 18.2 Å². The van der Waals surface area contributed by atoms with Crippen LogP contribution in [0.5, 0.6) is 11.5 Å². The summed E-state index contributed by atoms with van der Waals surface area (Å²) in [6.45, 7) is 3.20. The Morgan fingerprint density at radius 1 is 1.33 bits per heavy atom. The molecule has 1 aliphatic heterocycles.